The maximum absolute atomic E-state index is 13.3. The molecule has 2 aromatic heterocycles. The number of hydrogen-bond donors (Lipinski definition) is 2. The molecule has 1 amide bonds. The monoisotopic (exact) mass is 722 g/mol. The number of rotatable bonds is 13. The summed E-state index contributed by atoms with van der Waals surface area (Å²) in [4.78, 5) is 29.2. The van der Waals surface area contributed by atoms with E-state index in [1.54, 1.807) is 31.4 Å². The fourth-order valence-electron chi connectivity index (χ4n) is 5.21. The van der Waals surface area contributed by atoms with E-state index in [2.05, 4.69) is 44.1 Å². The molecule has 0 aliphatic heterocycles. The molecule has 0 unspecified atom stereocenters. The van der Waals surface area contributed by atoms with Crippen LogP contribution >= 0.6 is 34.3 Å². The van der Waals surface area contributed by atoms with Crippen molar-refractivity contribution in [2.24, 2.45) is 0 Å². The maximum atomic E-state index is 13.3. The Bertz CT molecular complexity index is 1440. The number of hydrogen-bond acceptors (Lipinski definition) is 10. The van der Waals surface area contributed by atoms with Crippen LogP contribution in [0.15, 0.2) is 47.2 Å². The van der Waals surface area contributed by atoms with Crippen LogP contribution in [0.4, 0.5) is 10.5 Å². The van der Waals surface area contributed by atoms with Crippen LogP contribution in [0.1, 0.15) is 61.8 Å². The highest BCUT2D eigenvalue weighted by molar-refractivity contribution is 7.12. The predicted molar refractivity (Wildman–Crippen MR) is 191 cm³/mol. The van der Waals surface area contributed by atoms with Crippen molar-refractivity contribution in [3.05, 3.63) is 67.5 Å². The van der Waals surface area contributed by atoms with E-state index in [0.717, 1.165) is 18.4 Å². The Labute approximate surface area is 292 Å². The fraction of sp³-hybridized carbons (Fsp3) is 0.529. The largest absolute Gasteiger partial charge is 0.496 e. The van der Waals surface area contributed by atoms with Gasteiger partial charge in [0.1, 0.15) is 18.5 Å². The molecular formula is C34H47ClN2O7S2Si. The number of halogens is 1. The predicted octanol–water partition coefficient (Wildman–Crippen LogP) is 8.26. The lowest BCUT2D eigenvalue weighted by Gasteiger charge is -2.36. The highest BCUT2D eigenvalue weighted by Gasteiger charge is 2.45. The number of methoxy groups -OCH3 is 1. The van der Waals surface area contributed by atoms with Gasteiger partial charge in [0, 0.05) is 24.2 Å². The second kappa shape index (κ2) is 15.8. The third-order valence-electron chi connectivity index (χ3n) is 9.27. The molecule has 13 heteroatoms. The summed E-state index contributed by atoms with van der Waals surface area (Å²) >= 11 is 9.19. The minimum Gasteiger partial charge on any atom is -0.496 e. The highest BCUT2D eigenvalue weighted by Crippen LogP contribution is 2.40. The Hall–Kier alpha value is -2.45. The number of amides is 1. The average Bonchev–Trinajstić information content (AvgIpc) is 3.76. The number of carbonyl (C=O) groups is 2. The second-order valence-corrected chi connectivity index (χ2v) is 20.5. The van der Waals surface area contributed by atoms with E-state index >= 15 is 0 Å². The number of ether oxygens (including phenoxy) is 3. The lowest BCUT2D eigenvalue weighted by atomic mass is 9.91. The van der Waals surface area contributed by atoms with Gasteiger partial charge in [0.2, 0.25) is 5.60 Å². The molecule has 0 bridgehead atoms. The van der Waals surface area contributed by atoms with E-state index < -0.39 is 26.0 Å². The molecule has 0 atom stereocenters. The van der Waals surface area contributed by atoms with E-state index in [4.69, 9.17) is 30.2 Å². The third-order valence-corrected chi connectivity index (χ3v) is 16.0. The van der Waals surface area contributed by atoms with Crippen molar-refractivity contribution in [3.63, 3.8) is 0 Å². The Morgan fingerprint density at radius 2 is 1.68 bits per heavy atom. The maximum Gasteiger partial charge on any atom is 0.411 e. The van der Waals surface area contributed by atoms with Gasteiger partial charge in [0.05, 0.1) is 34.2 Å². The Kier molecular flexibility index (Phi) is 12.6. The number of benzene rings is 1. The average molecular weight is 723 g/mol. The third kappa shape index (κ3) is 9.17. The van der Waals surface area contributed by atoms with Gasteiger partial charge in [-0.2, -0.15) is 0 Å². The minimum atomic E-state index is -1.97. The molecule has 0 radical (unpaired) electrons. The SMILES string of the molecule is COc1cc(NC(=O)OCCN(C)[C@H]2CC[C@H](OC(=O)C(O)(c3cccs3)c3cccs3)CC2)c(Cl)cc1CO[Si](C)(C)C(C)(C)C. The first-order chi connectivity index (χ1) is 22.2. The van der Waals surface area contributed by atoms with Crippen molar-refractivity contribution in [3.8, 4) is 5.75 Å². The van der Waals surface area contributed by atoms with Crippen molar-refractivity contribution < 1.29 is 33.3 Å². The smallest absolute Gasteiger partial charge is 0.411 e. The molecule has 9 nitrogen and oxygen atoms in total. The molecule has 1 aromatic carbocycles. The first-order valence-corrected chi connectivity index (χ1v) is 20.9. The Morgan fingerprint density at radius 3 is 2.21 bits per heavy atom. The molecule has 2 N–H and O–H groups in total. The van der Waals surface area contributed by atoms with Gasteiger partial charge in [-0.1, -0.05) is 44.5 Å². The molecule has 1 aliphatic rings. The van der Waals surface area contributed by atoms with Gasteiger partial charge in [-0.3, -0.25) is 5.32 Å². The number of anilines is 1. The van der Waals surface area contributed by atoms with Crippen LogP contribution in [0.2, 0.25) is 23.2 Å². The molecular weight excluding hydrogens is 676 g/mol. The lowest BCUT2D eigenvalue weighted by molar-refractivity contribution is -0.169. The fourth-order valence-corrected chi connectivity index (χ4v) is 8.11. The number of likely N-dealkylation sites (N-methyl/N-ethyl adjacent to an activating group) is 1. The number of nitrogens with one attached hydrogen (secondary N) is 1. The van der Waals surface area contributed by atoms with Crippen LogP contribution in [0, 0.1) is 0 Å². The molecule has 1 fully saturated rings. The molecule has 1 saturated carbocycles. The summed E-state index contributed by atoms with van der Waals surface area (Å²) in [5.74, 6) is -0.0578. The summed E-state index contributed by atoms with van der Waals surface area (Å²) in [6.07, 6.45) is 2.13. The van der Waals surface area contributed by atoms with Gasteiger partial charge in [-0.05, 0) is 79.8 Å². The van der Waals surface area contributed by atoms with Crippen molar-refractivity contribution in [1.82, 2.24) is 4.90 Å². The molecule has 2 heterocycles. The van der Waals surface area contributed by atoms with E-state index in [9.17, 15) is 14.7 Å². The lowest BCUT2D eigenvalue weighted by Crippen LogP contribution is -2.42. The summed E-state index contributed by atoms with van der Waals surface area (Å²) in [6, 6.07) is 10.9. The van der Waals surface area contributed by atoms with Gasteiger partial charge in [0.25, 0.3) is 0 Å². The van der Waals surface area contributed by atoms with E-state index in [1.807, 2.05) is 29.9 Å². The first-order valence-electron chi connectivity index (χ1n) is 15.8. The van der Waals surface area contributed by atoms with Crippen molar-refractivity contribution in [2.45, 2.75) is 88.9 Å². The van der Waals surface area contributed by atoms with Crippen molar-refractivity contribution in [1.29, 1.82) is 0 Å². The van der Waals surface area contributed by atoms with E-state index in [1.165, 1.54) is 22.7 Å². The van der Waals surface area contributed by atoms with Gasteiger partial charge < -0.3 is 28.6 Å². The quantitative estimate of drug-likeness (QED) is 0.134. The van der Waals surface area contributed by atoms with E-state index in [-0.39, 0.29) is 23.8 Å². The van der Waals surface area contributed by atoms with Gasteiger partial charge in [-0.15, -0.1) is 22.7 Å². The summed E-state index contributed by atoms with van der Waals surface area (Å²) in [7, 11) is 1.60. The second-order valence-electron chi connectivity index (χ2n) is 13.4. The summed E-state index contributed by atoms with van der Waals surface area (Å²) in [6.45, 7) is 12.0. The van der Waals surface area contributed by atoms with Gasteiger partial charge in [-0.25, -0.2) is 9.59 Å². The molecule has 4 rings (SSSR count). The van der Waals surface area contributed by atoms with Crippen LogP contribution in [-0.2, 0) is 30.9 Å². The standard InChI is InChI=1S/C34H47ClN2O7S2Si/c1-33(2,3)47(6,7)43-22-23-20-26(35)27(21-28(23)41-5)36-32(39)42-17-16-37(4)24-12-14-25(15-13-24)44-31(38)34(40,29-10-8-18-45-29)30-11-9-19-46-30/h8-11,18-21,24-25,40H,12-17,22H2,1-7H3,(H,36,39)/t24-,25-. The van der Waals surface area contributed by atoms with Crippen LogP contribution in [0.3, 0.4) is 0 Å². The topological polar surface area (TPSA) is 107 Å². The summed E-state index contributed by atoms with van der Waals surface area (Å²) in [5.41, 5.74) is -0.589. The summed E-state index contributed by atoms with van der Waals surface area (Å²) < 4.78 is 23.3. The van der Waals surface area contributed by atoms with Crippen molar-refractivity contribution in [2.75, 3.05) is 32.6 Å². The van der Waals surface area contributed by atoms with E-state index in [0.29, 0.717) is 52.2 Å². The van der Waals surface area contributed by atoms with Crippen LogP contribution < -0.4 is 10.1 Å². The normalized spacial score (nSPS) is 17.4. The molecule has 0 spiro atoms. The first kappa shape index (κ1) is 37.4. The van der Waals surface area contributed by atoms with Crippen LogP contribution in [0.5, 0.6) is 5.75 Å². The molecule has 0 saturated heterocycles. The number of carbonyl (C=O) groups excluding carboxylic acids is 2. The zero-order chi connectivity index (χ0) is 34.4. The molecule has 258 valence electrons. The van der Waals surface area contributed by atoms with Gasteiger partial charge in [0.15, 0.2) is 8.32 Å². The number of thiophene rings is 2. The van der Waals surface area contributed by atoms with Crippen LogP contribution in [0.25, 0.3) is 0 Å². The molecule has 47 heavy (non-hydrogen) atoms. The Balaban J connectivity index is 1.22. The Morgan fingerprint density at radius 1 is 1.06 bits per heavy atom. The number of nitrogens with zero attached hydrogens (tertiary/aromatic N) is 1. The van der Waals surface area contributed by atoms with Gasteiger partial charge >= 0.3 is 12.1 Å². The highest BCUT2D eigenvalue weighted by atomic mass is 35.5. The number of esters is 1. The van der Waals surface area contributed by atoms with Crippen LogP contribution in [-0.4, -0.2) is 69.8 Å². The number of aliphatic hydroxyl groups is 1. The minimum absolute atomic E-state index is 0.0699. The summed E-state index contributed by atoms with van der Waals surface area (Å²) in [5, 5.41) is 18.4. The van der Waals surface area contributed by atoms with Crippen molar-refractivity contribution >= 4 is 60.3 Å². The molecule has 1 aliphatic carbocycles. The zero-order valence-corrected chi connectivity index (χ0v) is 31.7. The zero-order valence-electron chi connectivity index (χ0n) is 28.3. The molecule has 3 aromatic rings.